The van der Waals surface area contributed by atoms with E-state index in [9.17, 15) is 13.2 Å². The summed E-state index contributed by atoms with van der Waals surface area (Å²) < 4.78 is 37.1. The number of rotatable bonds is 8. The highest BCUT2D eigenvalue weighted by atomic mass is 32.2. The molecule has 2 heterocycles. The predicted octanol–water partition coefficient (Wildman–Crippen LogP) is 2.29. The van der Waals surface area contributed by atoms with Gasteiger partial charge in [0.25, 0.3) is 0 Å². The van der Waals surface area contributed by atoms with Crippen LogP contribution in [0.5, 0.6) is 0 Å². The topological polar surface area (TPSA) is 114 Å². The van der Waals surface area contributed by atoms with Crippen molar-refractivity contribution in [2.45, 2.75) is 23.9 Å². The molecular formula is C21H19N5O3S2. The lowest BCUT2D eigenvalue weighted by atomic mass is 10.1. The molecule has 0 aliphatic rings. The first-order valence-electron chi connectivity index (χ1n) is 9.48. The smallest absolute Gasteiger partial charge is 0.243 e. The molecule has 1 amide bonds. The number of nitrogens with zero attached hydrogens (tertiary/aromatic N) is 3. The third-order valence-electron chi connectivity index (χ3n) is 4.60. The Labute approximate surface area is 183 Å². The molecule has 1 atom stereocenters. The van der Waals surface area contributed by atoms with E-state index in [2.05, 4.69) is 23.8 Å². The van der Waals surface area contributed by atoms with Crippen LogP contribution in [0.25, 0.3) is 11.0 Å². The van der Waals surface area contributed by atoms with E-state index in [1.807, 2.05) is 36.4 Å². The molecule has 0 radical (unpaired) electrons. The number of aromatic nitrogens is 3. The van der Waals surface area contributed by atoms with E-state index in [-0.39, 0.29) is 23.4 Å². The minimum absolute atomic E-state index is 0.00524. The van der Waals surface area contributed by atoms with Crippen molar-refractivity contribution in [1.82, 2.24) is 23.8 Å². The maximum atomic E-state index is 13.2. The number of hydrogen-bond acceptors (Lipinski definition) is 7. The van der Waals surface area contributed by atoms with Crippen LogP contribution in [0.15, 0.2) is 77.8 Å². The molecule has 0 aliphatic carbocycles. The van der Waals surface area contributed by atoms with Crippen LogP contribution in [0.1, 0.15) is 11.3 Å². The third-order valence-corrected chi connectivity index (χ3v) is 6.65. The molecule has 4 rings (SSSR count). The molecule has 158 valence electrons. The Balaban J connectivity index is 1.59. The molecule has 4 aromatic rings. The molecule has 2 aromatic heterocycles. The predicted molar refractivity (Wildman–Crippen MR) is 118 cm³/mol. The summed E-state index contributed by atoms with van der Waals surface area (Å²) in [6.45, 7) is 0.193. The van der Waals surface area contributed by atoms with Crippen molar-refractivity contribution in [3.63, 3.8) is 0 Å². The van der Waals surface area contributed by atoms with Crippen LogP contribution in [-0.2, 0) is 27.8 Å². The normalized spacial score (nSPS) is 12.5. The molecule has 0 spiro atoms. The Hall–Kier alpha value is -3.21. The first kappa shape index (κ1) is 21.0. The van der Waals surface area contributed by atoms with Gasteiger partial charge in [0.15, 0.2) is 0 Å². The lowest BCUT2D eigenvalue weighted by molar-refractivity contribution is -0.122. The number of hydrogen-bond donors (Lipinski definition) is 2. The zero-order valence-electron chi connectivity index (χ0n) is 16.3. The van der Waals surface area contributed by atoms with Crippen molar-refractivity contribution in [2.75, 3.05) is 0 Å². The maximum absolute atomic E-state index is 13.2. The molecule has 2 N–H and O–H groups in total. The van der Waals surface area contributed by atoms with Crippen LogP contribution in [0, 0.1) is 0 Å². The third kappa shape index (κ3) is 5.10. The van der Waals surface area contributed by atoms with Crippen LogP contribution in [0.2, 0.25) is 0 Å². The van der Waals surface area contributed by atoms with E-state index in [1.165, 1.54) is 6.07 Å². The van der Waals surface area contributed by atoms with Crippen molar-refractivity contribution in [3.8, 4) is 0 Å². The summed E-state index contributed by atoms with van der Waals surface area (Å²) in [5, 5.41) is 2.77. The maximum Gasteiger partial charge on any atom is 0.243 e. The van der Waals surface area contributed by atoms with Gasteiger partial charge < -0.3 is 5.32 Å². The Morgan fingerprint density at radius 2 is 1.77 bits per heavy atom. The summed E-state index contributed by atoms with van der Waals surface area (Å²) >= 11 is 0.938. The quantitative estimate of drug-likeness (QED) is 0.423. The minimum atomic E-state index is -4.03. The number of carbonyl (C=O) groups excluding carboxylic acids is 1. The fourth-order valence-electron chi connectivity index (χ4n) is 3.09. The van der Waals surface area contributed by atoms with E-state index in [0.717, 1.165) is 17.3 Å². The van der Waals surface area contributed by atoms with Crippen molar-refractivity contribution >= 4 is 38.7 Å². The molecule has 31 heavy (non-hydrogen) atoms. The summed E-state index contributed by atoms with van der Waals surface area (Å²) in [4.78, 5) is 17.1. The van der Waals surface area contributed by atoms with Gasteiger partial charge in [-0.15, -0.1) is 0 Å². The summed E-state index contributed by atoms with van der Waals surface area (Å²) in [5.41, 5.74) is 2.28. The van der Waals surface area contributed by atoms with Gasteiger partial charge >= 0.3 is 0 Å². The lowest BCUT2D eigenvalue weighted by Gasteiger charge is -2.19. The van der Waals surface area contributed by atoms with E-state index in [1.54, 1.807) is 30.5 Å². The van der Waals surface area contributed by atoms with E-state index < -0.39 is 22.0 Å². The van der Waals surface area contributed by atoms with Gasteiger partial charge in [0.2, 0.25) is 15.9 Å². The standard InChI is InChI=1S/C21H19N5O3S2/c27-21(23-14-16-9-4-5-12-22-16)18(13-15-7-2-1-3-8-15)26-31(28,29)19-11-6-10-17-20(19)25-30-24-17/h1-12,18,26H,13-14H2,(H,23,27). The summed E-state index contributed by atoms with van der Waals surface area (Å²) in [7, 11) is -4.03. The summed E-state index contributed by atoms with van der Waals surface area (Å²) in [5.74, 6) is -0.443. The molecule has 0 bridgehead atoms. The van der Waals surface area contributed by atoms with Crippen LogP contribution in [0.4, 0.5) is 0 Å². The molecule has 2 aromatic carbocycles. The van der Waals surface area contributed by atoms with Gasteiger partial charge in [-0.1, -0.05) is 42.5 Å². The van der Waals surface area contributed by atoms with Crippen molar-refractivity contribution in [2.24, 2.45) is 0 Å². The number of nitrogens with one attached hydrogen (secondary N) is 2. The zero-order valence-corrected chi connectivity index (χ0v) is 17.9. The second-order valence-corrected chi connectivity index (χ2v) is 9.00. The first-order valence-corrected chi connectivity index (χ1v) is 11.7. The van der Waals surface area contributed by atoms with Crippen molar-refractivity contribution in [1.29, 1.82) is 0 Å². The van der Waals surface area contributed by atoms with Gasteiger partial charge in [0, 0.05) is 6.20 Å². The summed E-state index contributed by atoms with van der Waals surface area (Å²) in [6.07, 6.45) is 1.83. The number of sulfonamides is 1. The van der Waals surface area contributed by atoms with Crippen LogP contribution < -0.4 is 10.0 Å². The van der Waals surface area contributed by atoms with Crippen LogP contribution in [-0.4, -0.2) is 34.1 Å². The first-order chi connectivity index (χ1) is 15.0. The molecule has 0 fully saturated rings. The molecule has 0 saturated heterocycles. The number of amides is 1. The molecule has 10 heteroatoms. The monoisotopic (exact) mass is 453 g/mol. The van der Waals surface area contributed by atoms with E-state index >= 15 is 0 Å². The highest BCUT2D eigenvalue weighted by Gasteiger charge is 2.28. The summed E-state index contributed by atoms with van der Waals surface area (Å²) in [6, 6.07) is 18.4. The fraction of sp³-hybridized carbons (Fsp3) is 0.143. The average Bonchev–Trinajstić information content (AvgIpc) is 3.27. The number of fused-ring (bicyclic) bond motifs is 1. The number of carbonyl (C=O) groups is 1. The van der Waals surface area contributed by atoms with Crippen molar-refractivity contribution < 1.29 is 13.2 Å². The van der Waals surface area contributed by atoms with Crippen LogP contribution in [0.3, 0.4) is 0 Å². The van der Waals surface area contributed by atoms with Crippen molar-refractivity contribution in [3.05, 3.63) is 84.2 Å². The largest absolute Gasteiger partial charge is 0.349 e. The number of pyridine rings is 1. The van der Waals surface area contributed by atoms with E-state index in [4.69, 9.17) is 0 Å². The second-order valence-electron chi connectivity index (χ2n) is 6.79. The van der Waals surface area contributed by atoms with Gasteiger partial charge in [-0.3, -0.25) is 9.78 Å². The molecule has 0 aliphatic heterocycles. The lowest BCUT2D eigenvalue weighted by Crippen LogP contribution is -2.47. The highest BCUT2D eigenvalue weighted by molar-refractivity contribution is 7.89. The Morgan fingerprint density at radius 1 is 0.968 bits per heavy atom. The minimum Gasteiger partial charge on any atom is -0.349 e. The molecule has 8 nitrogen and oxygen atoms in total. The highest BCUT2D eigenvalue weighted by Crippen LogP contribution is 2.21. The number of benzene rings is 2. The molecular weight excluding hydrogens is 434 g/mol. The Bertz CT molecular complexity index is 1280. The Kier molecular flexibility index (Phi) is 6.31. The molecule has 0 saturated carbocycles. The molecule has 1 unspecified atom stereocenters. The second kappa shape index (κ2) is 9.29. The Morgan fingerprint density at radius 3 is 2.55 bits per heavy atom. The van der Waals surface area contributed by atoms with E-state index in [0.29, 0.717) is 11.2 Å². The van der Waals surface area contributed by atoms with Gasteiger partial charge in [-0.05, 0) is 36.2 Å². The van der Waals surface area contributed by atoms with Gasteiger partial charge in [0.1, 0.15) is 22.0 Å². The average molecular weight is 454 g/mol. The fourth-order valence-corrected chi connectivity index (χ4v) is 5.05. The SMILES string of the molecule is O=C(NCc1ccccn1)C(Cc1ccccc1)NS(=O)(=O)c1cccc2nsnc12. The van der Waals surface area contributed by atoms with Gasteiger partial charge in [-0.25, -0.2) is 8.42 Å². The van der Waals surface area contributed by atoms with Crippen LogP contribution >= 0.6 is 11.7 Å². The zero-order chi connectivity index (χ0) is 21.7. The van der Waals surface area contributed by atoms with Gasteiger partial charge in [0.05, 0.1) is 24.0 Å². The van der Waals surface area contributed by atoms with Gasteiger partial charge in [-0.2, -0.15) is 13.5 Å².